The summed E-state index contributed by atoms with van der Waals surface area (Å²) in [5.41, 5.74) is 5.16. The maximum absolute atomic E-state index is 13.0. The monoisotopic (exact) mass is 276 g/mol. The minimum atomic E-state index is -1.14. The van der Waals surface area contributed by atoms with E-state index >= 15 is 0 Å². The highest BCUT2D eigenvalue weighted by molar-refractivity contribution is 7.84. The molecular formula is C11H14F2N2O2S. The molecule has 2 unspecified atom stereocenters. The Morgan fingerprint density at radius 3 is 2.56 bits per heavy atom. The first kappa shape index (κ1) is 14.6. The third-order valence-electron chi connectivity index (χ3n) is 2.20. The third-order valence-corrected chi connectivity index (χ3v) is 3.17. The zero-order valence-electron chi connectivity index (χ0n) is 10.00. The Kier molecular flexibility index (Phi) is 4.77. The molecule has 7 heteroatoms. The van der Waals surface area contributed by atoms with Crippen LogP contribution in [0.3, 0.4) is 0 Å². The molecule has 3 N–H and O–H groups in total. The molecule has 0 aliphatic carbocycles. The topological polar surface area (TPSA) is 72.2 Å². The van der Waals surface area contributed by atoms with Crippen molar-refractivity contribution in [2.45, 2.75) is 13.0 Å². The molecule has 0 saturated carbocycles. The van der Waals surface area contributed by atoms with Gasteiger partial charge in [0.25, 0.3) is 5.91 Å². The van der Waals surface area contributed by atoms with Gasteiger partial charge < -0.3 is 11.1 Å². The number of nitrogens with one attached hydrogen (secondary N) is 1. The van der Waals surface area contributed by atoms with Gasteiger partial charge in [-0.15, -0.1) is 0 Å². The van der Waals surface area contributed by atoms with Crippen molar-refractivity contribution in [3.63, 3.8) is 0 Å². The van der Waals surface area contributed by atoms with E-state index in [-0.39, 0.29) is 23.0 Å². The molecule has 4 nitrogen and oxygen atoms in total. The SMILES string of the molecule is CC(CS(C)=O)NC(=O)c1cc(F)c(F)cc1N. The Balaban J connectivity index is 2.85. The van der Waals surface area contributed by atoms with Gasteiger partial charge in [-0.25, -0.2) is 8.78 Å². The summed E-state index contributed by atoms with van der Waals surface area (Å²) in [5.74, 6) is -2.59. The van der Waals surface area contributed by atoms with E-state index in [4.69, 9.17) is 5.73 Å². The summed E-state index contributed by atoms with van der Waals surface area (Å²) in [5, 5.41) is 2.51. The molecule has 0 aromatic heterocycles. The fourth-order valence-corrected chi connectivity index (χ4v) is 2.24. The highest BCUT2D eigenvalue weighted by Crippen LogP contribution is 2.17. The first-order valence-corrected chi connectivity index (χ1v) is 6.89. The summed E-state index contributed by atoms with van der Waals surface area (Å²) in [6.07, 6.45) is 1.51. The molecule has 1 amide bonds. The minimum Gasteiger partial charge on any atom is -0.398 e. The third kappa shape index (κ3) is 3.76. The van der Waals surface area contributed by atoms with Crippen molar-refractivity contribution in [1.29, 1.82) is 0 Å². The van der Waals surface area contributed by atoms with E-state index < -0.39 is 28.3 Å². The van der Waals surface area contributed by atoms with Gasteiger partial charge in [-0.3, -0.25) is 9.00 Å². The van der Waals surface area contributed by atoms with Gasteiger partial charge in [0.1, 0.15) is 0 Å². The molecule has 1 aromatic carbocycles. The van der Waals surface area contributed by atoms with Gasteiger partial charge >= 0.3 is 0 Å². The number of anilines is 1. The molecule has 0 saturated heterocycles. The van der Waals surface area contributed by atoms with Gasteiger partial charge in [-0.1, -0.05) is 0 Å². The molecule has 100 valence electrons. The number of halogens is 2. The molecule has 18 heavy (non-hydrogen) atoms. The normalized spacial score (nSPS) is 14.0. The van der Waals surface area contributed by atoms with Gasteiger partial charge in [-0.2, -0.15) is 0 Å². The summed E-state index contributed by atoms with van der Waals surface area (Å²) in [6.45, 7) is 1.66. The highest BCUT2D eigenvalue weighted by atomic mass is 32.2. The predicted octanol–water partition coefficient (Wildman–Crippen LogP) is 1.04. The van der Waals surface area contributed by atoms with Crippen LogP contribution in [0.15, 0.2) is 12.1 Å². The first-order chi connectivity index (χ1) is 8.31. The predicted molar refractivity (Wildman–Crippen MR) is 66.6 cm³/mol. The Hall–Kier alpha value is -1.50. The molecule has 0 aliphatic rings. The largest absolute Gasteiger partial charge is 0.398 e. The number of nitrogens with two attached hydrogens (primary N) is 1. The van der Waals surface area contributed by atoms with Gasteiger partial charge in [0.2, 0.25) is 0 Å². The molecule has 1 rings (SSSR count). The summed E-state index contributed by atoms with van der Waals surface area (Å²) in [6, 6.07) is 1.15. The lowest BCUT2D eigenvalue weighted by Crippen LogP contribution is -2.36. The number of carbonyl (C=O) groups is 1. The van der Waals surface area contributed by atoms with E-state index in [9.17, 15) is 17.8 Å². The van der Waals surface area contributed by atoms with E-state index in [2.05, 4.69) is 5.32 Å². The van der Waals surface area contributed by atoms with Gasteiger partial charge in [0.15, 0.2) is 11.6 Å². The van der Waals surface area contributed by atoms with E-state index in [1.54, 1.807) is 6.92 Å². The lowest BCUT2D eigenvalue weighted by Gasteiger charge is -2.13. The Labute approximate surface area is 106 Å². The lowest BCUT2D eigenvalue weighted by atomic mass is 10.1. The van der Waals surface area contributed by atoms with E-state index in [0.29, 0.717) is 0 Å². The second-order valence-electron chi connectivity index (χ2n) is 3.97. The molecule has 0 heterocycles. The number of nitrogen functional groups attached to an aromatic ring is 1. The zero-order valence-corrected chi connectivity index (χ0v) is 10.8. The summed E-state index contributed by atoms with van der Waals surface area (Å²) in [7, 11) is -1.06. The van der Waals surface area contributed by atoms with E-state index in [1.165, 1.54) is 6.26 Å². The molecule has 0 aliphatic heterocycles. The number of hydrogen-bond donors (Lipinski definition) is 2. The summed E-state index contributed by atoms with van der Waals surface area (Å²) >= 11 is 0. The highest BCUT2D eigenvalue weighted by Gasteiger charge is 2.16. The van der Waals surface area contributed by atoms with Crippen molar-refractivity contribution in [3.05, 3.63) is 29.3 Å². The van der Waals surface area contributed by atoms with Crippen LogP contribution < -0.4 is 11.1 Å². The minimum absolute atomic E-state index is 0.136. The van der Waals surface area contributed by atoms with Crippen LogP contribution in [0, 0.1) is 11.6 Å². The van der Waals surface area contributed by atoms with Crippen LogP contribution in [0.5, 0.6) is 0 Å². The maximum atomic E-state index is 13.0. The Morgan fingerprint density at radius 1 is 1.44 bits per heavy atom. The maximum Gasteiger partial charge on any atom is 0.253 e. The average molecular weight is 276 g/mol. The summed E-state index contributed by atoms with van der Waals surface area (Å²) in [4.78, 5) is 11.7. The van der Waals surface area contributed by atoms with Crippen molar-refractivity contribution in [2.75, 3.05) is 17.7 Å². The molecule has 0 fully saturated rings. The summed E-state index contributed by atoms with van der Waals surface area (Å²) < 4.78 is 36.8. The molecule has 0 radical (unpaired) electrons. The van der Waals surface area contributed by atoms with Crippen LogP contribution in [-0.2, 0) is 10.8 Å². The van der Waals surface area contributed by atoms with E-state index in [1.807, 2.05) is 0 Å². The van der Waals surface area contributed by atoms with Crippen LogP contribution in [-0.4, -0.2) is 28.2 Å². The van der Waals surface area contributed by atoms with Gasteiger partial charge in [0, 0.05) is 40.6 Å². The van der Waals surface area contributed by atoms with Crippen molar-refractivity contribution in [3.8, 4) is 0 Å². The zero-order chi connectivity index (χ0) is 13.9. The van der Waals surface area contributed by atoms with Crippen molar-refractivity contribution in [2.24, 2.45) is 0 Å². The number of hydrogen-bond acceptors (Lipinski definition) is 3. The van der Waals surface area contributed by atoms with Crippen molar-refractivity contribution < 1.29 is 17.8 Å². The Bertz CT molecular complexity index is 494. The van der Waals surface area contributed by atoms with Crippen LogP contribution in [0.25, 0.3) is 0 Å². The second kappa shape index (κ2) is 5.90. The molecule has 2 atom stereocenters. The number of amides is 1. The number of carbonyl (C=O) groups excluding carboxylic acids is 1. The first-order valence-electron chi connectivity index (χ1n) is 5.16. The molecule has 1 aromatic rings. The smallest absolute Gasteiger partial charge is 0.253 e. The fraction of sp³-hybridized carbons (Fsp3) is 0.364. The standard InChI is InChI=1S/C11H14F2N2O2S/c1-6(5-18(2)17)15-11(16)7-3-8(12)9(13)4-10(7)14/h3-4,6H,5,14H2,1-2H3,(H,15,16). The van der Waals surface area contributed by atoms with Crippen molar-refractivity contribution >= 4 is 22.4 Å². The van der Waals surface area contributed by atoms with Crippen LogP contribution in [0.4, 0.5) is 14.5 Å². The van der Waals surface area contributed by atoms with Gasteiger partial charge in [-0.05, 0) is 13.0 Å². The number of rotatable bonds is 4. The van der Waals surface area contributed by atoms with Crippen LogP contribution >= 0.6 is 0 Å². The molecule has 0 spiro atoms. The molecular weight excluding hydrogens is 262 g/mol. The van der Waals surface area contributed by atoms with Gasteiger partial charge in [0.05, 0.1) is 5.56 Å². The lowest BCUT2D eigenvalue weighted by molar-refractivity contribution is 0.0944. The number of benzene rings is 1. The van der Waals surface area contributed by atoms with Crippen molar-refractivity contribution in [1.82, 2.24) is 5.32 Å². The fourth-order valence-electron chi connectivity index (χ4n) is 1.45. The second-order valence-corrected chi connectivity index (χ2v) is 5.45. The quantitative estimate of drug-likeness (QED) is 0.807. The van der Waals surface area contributed by atoms with E-state index in [0.717, 1.165) is 12.1 Å². The van der Waals surface area contributed by atoms with Crippen LogP contribution in [0.2, 0.25) is 0 Å². The Morgan fingerprint density at radius 2 is 2.00 bits per heavy atom. The molecule has 0 bridgehead atoms. The average Bonchev–Trinajstić information content (AvgIpc) is 2.21. The van der Waals surface area contributed by atoms with Crippen LogP contribution in [0.1, 0.15) is 17.3 Å².